The first-order chi connectivity index (χ1) is 14.6. The third-order valence-corrected chi connectivity index (χ3v) is 5.79. The molecule has 1 aromatic heterocycles. The summed E-state index contributed by atoms with van der Waals surface area (Å²) in [7, 11) is 1.51. The number of benzene rings is 1. The van der Waals surface area contributed by atoms with Crippen LogP contribution in [-0.2, 0) is 6.54 Å². The lowest BCUT2D eigenvalue weighted by atomic mass is 10.0. The zero-order chi connectivity index (χ0) is 22.8. The molecule has 0 bridgehead atoms. The molecule has 0 aliphatic carbocycles. The molecule has 0 saturated carbocycles. The molecule has 2 aromatic rings. The number of pyridine rings is 1. The third kappa shape index (κ3) is 5.10. The number of methoxy groups -OCH3 is 1. The number of ether oxygens (including phenoxy) is 1. The Labute approximate surface area is 185 Å². The second-order valence-electron chi connectivity index (χ2n) is 9.27. The highest BCUT2D eigenvalue weighted by Crippen LogP contribution is 2.35. The van der Waals surface area contributed by atoms with Crippen LogP contribution in [0.5, 0.6) is 5.88 Å². The summed E-state index contributed by atoms with van der Waals surface area (Å²) in [6, 6.07) is 13.1. The van der Waals surface area contributed by atoms with Gasteiger partial charge in [0, 0.05) is 37.3 Å². The van der Waals surface area contributed by atoms with Crippen molar-refractivity contribution in [3.05, 3.63) is 48.2 Å². The maximum Gasteiger partial charge on any atom is 0.412 e. The molecule has 168 valence electrons. The van der Waals surface area contributed by atoms with Crippen molar-refractivity contribution in [1.82, 2.24) is 9.88 Å². The van der Waals surface area contributed by atoms with Gasteiger partial charge in [-0.2, -0.15) is 0 Å². The van der Waals surface area contributed by atoms with Gasteiger partial charge in [-0.05, 0) is 46.2 Å². The Morgan fingerprint density at radius 3 is 2.32 bits per heavy atom. The van der Waals surface area contributed by atoms with Crippen LogP contribution in [0.4, 0.5) is 16.2 Å². The van der Waals surface area contributed by atoms with E-state index in [4.69, 9.17) is 4.74 Å². The van der Waals surface area contributed by atoms with Crippen LogP contribution in [-0.4, -0.2) is 58.9 Å². The summed E-state index contributed by atoms with van der Waals surface area (Å²) in [5.74, 6) is 0.310. The van der Waals surface area contributed by atoms with E-state index in [1.54, 1.807) is 6.20 Å². The topological polar surface area (TPSA) is 69.1 Å². The molecule has 7 nitrogen and oxygen atoms in total. The zero-order valence-corrected chi connectivity index (χ0v) is 19.4. The van der Waals surface area contributed by atoms with Gasteiger partial charge in [-0.25, -0.2) is 9.78 Å². The van der Waals surface area contributed by atoms with E-state index in [1.807, 2.05) is 32.9 Å². The number of amides is 1. The molecule has 1 amide bonds. The second kappa shape index (κ2) is 9.14. The summed E-state index contributed by atoms with van der Waals surface area (Å²) in [6.07, 6.45) is 0.747. The van der Waals surface area contributed by atoms with E-state index in [9.17, 15) is 9.90 Å². The Hall–Kier alpha value is -2.80. The lowest BCUT2D eigenvalue weighted by molar-refractivity contribution is 0.123. The fourth-order valence-corrected chi connectivity index (χ4v) is 4.35. The number of nitrogens with zero attached hydrogens (tertiary/aromatic N) is 4. The summed E-state index contributed by atoms with van der Waals surface area (Å²) in [5.41, 5.74) is 2.05. The number of piperazine rings is 1. The van der Waals surface area contributed by atoms with Crippen LogP contribution in [0, 0.1) is 0 Å². The van der Waals surface area contributed by atoms with Gasteiger partial charge in [-0.15, -0.1) is 0 Å². The van der Waals surface area contributed by atoms with Gasteiger partial charge in [-0.1, -0.05) is 30.3 Å². The Kier molecular flexibility index (Phi) is 6.74. The van der Waals surface area contributed by atoms with E-state index < -0.39 is 11.6 Å². The van der Waals surface area contributed by atoms with Crippen LogP contribution in [0.3, 0.4) is 0 Å². The number of carbonyl (C=O) groups is 1. The molecule has 1 aliphatic heterocycles. The predicted molar refractivity (Wildman–Crippen MR) is 124 cm³/mol. The zero-order valence-electron chi connectivity index (χ0n) is 19.4. The van der Waals surface area contributed by atoms with E-state index in [0.717, 1.165) is 25.3 Å². The number of anilines is 2. The number of hydrogen-bond donors (Lipinski definition) is 1. The monoisotopic (exact) mass is 426 g/mol. The van der Waals surface area contributed by atoms with Crippen LogP contribution in [0.2, 0.25) is 0 Å². The number of rotatable bonds is 5. The van der Waals surface area contributed by atoms with Crippen molar-refractivity contribution >= 4 is 17.5 Å². The second-order valence-corrected chi connectivity index (χ2v) is 9.27. The van der Waals surface area contributed by atoms with Crippen LogP contribution in [0.25, 0.3) is 0 Å². The van der Waals surface area contributed by atoms with Crippen molar-refractivity contribution in [3.8, 4) is 5.88 Å². The van der Waals surface area contributed by atoms with Crippen molar-refractivity contribution in [2.75, 3.05) is 30.0 Å². The minimum Gasteiger partial charge on any atom is -0.480 e. The summed E-state index contributed by atoms with van der Waals surface area (Å²) in [5, 5.41) is 9.86. The summed E-state index contributed by atoms with van der Waals surface area (Å²) in [6.45, 7) is 12.7. The molecule has 0 radical (unpaired) electrons. The van der Waals surface area contributed by atoms with Crippen LogP contribution < -0.4 is 14.5 Å². The molecular weight excluding hydrogens is 392 g/mol. The highest BCUT2D eigenvalue weighted by Gasteiger charge is 2.33. The Balaban J connectivity index is 1.86. The molecule has 0 spiro atoms. The maximum absolute atomic E-state index is 12.0. The van der Waals surface area contributed by atoms with Gasteiger partial charge in [0.2, 0.25) is 5.88 Å². The fourth-order valence-electron chi connectivity index (χ4n) is 4.35. The smallest absolute Gasteiger partial charge is 0.412 e. The first kappa shape index (κ1) is 22.9. The van der Waals surface area contributed by atoms with Crippen LogP contribution >= 0.6 is 0 Å². The van der Waals surface area contributed by atoms with Crippen molar-refractivity contribution < 1.29 is 14.6 Å². The van der Waals surface area contributed by atoms with E-state index in [1.165, 1.54) is 17.6 Å². The number of aromatic nitrogens is 1. The van der Waals surface area contributed by atoms with Crippen molar-refractivity contribution in [1.29, 1.82) is 0 Å². The molecule has 1 aromatic carbocycles. The highest BCUT2D eigenvalue weighted by atomic mass is 16.5. The van der Waals surface area contributed by atoms with Gasteiger partial charge < -0.3 is 14.7 Å². The molecule has 1 N–H and O–H groups in total. The average Bonchev–Trinajstić information content (AvgIpc) is 2.70. The quantitative estimate of drug-likeness (QED) is 0.761. The van der Waals surface area contributed by atoms with Gasteiger partial charge in [0.1, 0.15) is 5.69 Å². The maximum atomic E-state index is 12.0. The lowest BCUT2D eigenvalue weighted by Crippen LogP contribution is -2.56. The molecule has 3 rings (SSSR count). The van der Waals surface area contributed by atoms with Gasteiger partial charge >= 0.3 is 6.09 Å². The molecule has 1 aliphatic rings. The summed E-state index contributed by atoms with van der Waals surface area (Å²) >= 11 is 0. The number of carboxylic acid groups (broad SMARTS) is 1. The van der Waals surface area contributed by atoms with E-state index >= 15 is 0 Å². The SMILES string of the molecule is COc1ncc(N2CC(C)N(Cc3ccccc3)C(C)C2)cc1N(C(=O)O)C(C)(C)C. The average molecular weight is 427 g/mol. The molecule has 2 heterocycles. The van der Waals surface area contributed by atoms with Crippen molar-refractivity contribution in [2.24, 2.45) is 0 Å². The third-order valence-electron chi connectivity index (χ3n) is 5.79. The largest absolute Gasteiger partial charge is 0.480 e. The van der Waals surface area contributed by atoms with Gasteiger partial charge in [0.15, 0.2) is 0 Å². The Morgan fingerprint density at radius 2 is 1.81 bits per heavy atom. The molecule has 2 unspecified atom stereocenters. The molecular formula is C24H34N4O3. The molecule has 1 fully saturated rings. The van der Waals surface area contributed by atoms with E-state index in [2.05, 4.69) is 52.9 Å². The van der Waals surface area contributed by atoms with Crippen LogP contribution in [0.1, 0.15) is 40.2 Å². The van der Waals surface area contributed by atoms with E-state index in [-0.39, 0.29) is 0 Å². The van der Waals surface area contributed by atoms with Crippen LogP contribution in [0.15, 0.2) is 42.6 Å². The molecule has 31 heavy (non-hydrogen) atoms. The van der Waals surface area contributed by atoms with Crippen molar-refractivity contribution in [3.63, 3.8) is 0 Å². The van der Waals surface area contributed by atoms with E-state index in [0.29, 0.717) is 23.7 Å². The fraction of sp³-hybridized carbons (Fsp3) is 0.500. The first-order valence-corrected chi connectivity index (χ1v) is 10.7. The number of hydrogen-bond acceptors (Lipinski definition) is 5. The van der Waals surface area contributed by atoms with Gasteiger partial charge in [-0.3, -0.25) is 9.80 Å². The predicted octanol–water partition coefficient (Wildman–Crippen LogP) is 4.47. The molecule has 7 heteroatoms. The minimum absolute atomic E-state index is 0.310. The van der Waals surface area contributed by atoms with Crippen molar-refractivity contribution in [2.45, 2.75) is 58.8 Å². The van der Waals surface area contributed by atoms with Gasteiger partial charge in [0.05, 0.1) is 19.0 Å². The normalized spacial score (nSPS) is 19.9. The Morgan fingerprint density at radius 1 is 1.19 bits per heavy atom. The molecule has 2 atom stereocenters. The minimum atomic E-state index is -1.03. The Bertz CT molecular complexity index is 885. The lowest BCUT2D eigenvalue weighted by Gasteiger charge is -2.45. The van der Waals surface area contributed by atoms with Gasteiger partial charge in [0.25, 0.3) is 0 Å². The molecule has 1 saturated heterocycles. The standard InChI is InChI=1S/C24H34N4O3/c1-17-14-26(15-18(2)27(17)16-19-10-8-7-9-11-19)20-12-21(22(31-6)25-13-20)28(23(29)30)24(3,4)5/h7-13,17-18H,14-16H2,1-6H3,(H,29,30). The highest BCUT2D eigenvalue weighted by molar-refractivity contribution is 5.90. The first-order valence-electron chi connectivity index (χ1n) is 10.7. The summed E-state index contributed by atoms with van der Waals surface area (Å²) < 4.78 is 5.40. The summed E-state index contributed by atoms with van der Waals surface area (Å²) in [4.78, 5) is 22.6.